The van der Waals surface area contributed by atoms with Crippen LogP contribution in [0.4, 0.5) is 11.4 Å². The average Bonchev–Trinajstić information content (AvgIpc) is 2.50. The van der Waals surface area contributed by atoms with Gasteiger partial charge in [0.05, 0.1) is 11.5 Å². The lowest BCUT2D eigenvalue weighted by molar-refractivity contribution is -0.384. The normalized spacial score (nSPS) is 10.1. The Bertz CT molecular complexity index is 700. The zero-order chi connectivity index (χ0) is 16.1. The van der Waals surface area contributed by atoms with Gasteiger partial charge in [-0.25, -0.2) is 0 Å². The van der Waals surface area contributed by atoms with E-state index in [4.69, 9.17) is 4.74 Å². The molecule has 114 valence electrons. The van der Waals surface area contributed by atoms with Crippen LogP contribution in [0.2, 0.25) is 0 Å². The number of aryl methyl sites for hydroxylation is 1. The van der Waals surface area contributed by atoms with Crippen molar-refractivity contribution in [3.05, 3.63) is 51.7 Å². The number of non-ortho nitro benzene ring substituents is 1. The fourth-order valence-corrected chi connectivity index (χ4v) is 1.75. The monoisotopic (exact) mass is 302 g/mol. The number of rotatable bonds is 5. The Balaban J connectivity index is 2.13. The van der Waals surface area contributed by atoms with Crippen molar-refractivity contribution in [3.63, 3.8) is 0 Å². The van der Waals surface area contributed by atoms with Crippen LogP contribution in [0.5, 0.6) is 5.88 Å². The molecular weight excluding hydrogens is 288 g/mol. The number of carbonyl (C=O) groups excluding carboxylic acids is 1. The molecule has 8 heteroatoms. The number of amides is 1. The van der Waals surface area contributed by atoms with E-state index in [9.17, 15) is 14.9 Å². The third kappa shape index (κ3) is 3.54. The molecule has 1 amide bonds. The molecular formula is C14H14N4O4. The zero-order valence-electron chi connectivity index (χ0n) is 12.1. The number of ether oxygens (including phenoxy) is 1. The summed E-state index contributed by atoms with van der Waals surface area (Å²) in [5, 5.41) is 20.9. The topological polar surface area (TPSA) is 107 Å². The number of nitro benzene ring substituents is 1. The molecule has 1 heterocycles. The molecule has 0 aliphatic carbocycles. The summed E-state index contributed by atoms with van der Waals surface area (Å²) in [7, 11) is 0. The molecule has 2 rings (SSSR count). The molecule has 1 N–H and O–H groups in total. The Morgan fingerprint density at radius 3 is 2.64 bits per heavy atom. The Hall–Kier alpha value is -3.03. The third-order valence-electron chi connectivity index (χ3n) is 2.83. The van der Waals surface area contributed by atoms with Gasteiger partial charge in [0.15, 0.2) is 5.69 Å². The van der Waals surface area contributed by atoms with Crippen molar-refractivity contribution in [2.24, 2.45) is 0 Å². The van der Waals surface area contributed by atoms with Crippen LogP contribution in [0.25, 0.3) is 0 Å². The highest BCUT2D eigenvalue weighted by Gasteiger charge is 2.13. The lowest BCUT2D eigenvalue weighted by Gasteiger charge is -2.07. The zero-order valence-corrected chi connectivity index (χ0v) is 12.1. The van der Waals surface area contributed by atoms with Gasteiger partial charge in [0, 0.05) is 23.9 Å². The fourth-order valence-electron chi connectivity index (χ4n) is 1.75. The highest BCUT2D eigenvalue weighted by Crippen LogP contribution is 2.21. The number of nitrogens with zero attached hydrogens (tertiary/aromatic N) is 3. The molecule has 0 spiro atoms. The van der Waals surface area contributed by atoms with E-state index in [0.29, 0.717) is 23.7 Å². The number of anilines is 1. The minimum absolute atomic E-state index is 0.0312. The van der Waals surface area contributed by atoms with Crippen molar-refractivity contribution < 1.29 is 14.5 Å². The van der Waals surface area contributed by atoms with Gasteiger partial charge in [0.2, 0.25) is 5.88 Å². The maximum atomic E-state index is 12.1. The van der Waals surface area contributed by atoms with Gasteiger partial charge in [-0.1, -0.05) is 0 Å². The first-order valence-electron chi connectivity index (χ1n) is 6.54. The Morgan fingerprint density at radius 2 is 2.09 bits per heavy atom. The molecule has 0 aliphatic rings. The number of hydrogen-bond donors (Lipinski definition) is 1. The number of nitro groups is 1. The van der Waals surface area contributed by atoms with Crippen molar-refractivity contribution in [2.45, 2.75) is 13.8 Å². The average molecular weight is 302 g/mol. The van der Waals surface area contributed by atoms with E-state index in [2.05, 4.69) is 15.5 Å². The van der Waals surface area contributed by atoms with Gasteiger partial charge in [-0.2, -0.15) is 0 Å². The van der Waals surface area contributed by atoms with Gasteiger partial charge < -0.3 is 10.1 Å². The fraction of sp³-hybridized carbons (Fsp3) is 0.214. The second-order valence-corrected chi connectivity index (χ2v) is 4.40. The Labute approximate surface area is 126 Å². The molecule has 0 atom stereocenters. The number of carbonyl (C=O) groups is 1. The van der Waals surface area contributed by atoms with Crippen LogP contribution in [0.15, 0.2) is 30.3 Å². The molecule has 0 aliphatic heterocycles. The minimum Gasteiger partial charge on any atom is -0.477 e. The van der Waals surface area contributed by atoms with E-state index in [1.807, 2.05) is 6.92 Å². The molecule has 0 saturated carbocycles. The summed E-state index contributed by atoms with van der Waals surface area (Å²) in [4.78, 5) is 22.3. The lowest BCUT2D eigenvalue weighted by atomic mass is 10.1. The van der Waals surface area contributed by atoms with E-state index in [1.54, 1.807) is 13.0 Å². The van der Waals surface area contributed by atoms with Crippen LogP contribution in [-0.4, -0.2) is 27.6 Å². The van der Waals surface area contributed by atoms with Crippen molar-refractivity contribution in [1.29, 1.82) is 0 Å². The summed E-state index contributed by atoms with van der Waals surface area (Å²) >= 11 is 0. The van der Waals surface area contributed by atoms with Crippen LogP contribution in [-0.2, 0) is 0 Å². The van der Waals surface area contributed by atoms with Crippen LogP contribution in [0.3, 0.4) is 0 Å². The van der Waals surface area contributed by atoms with Gasteiger partial charge in [-0.05, 0) is 31.5 Å². The van der Waals surface area contributed by atoms with Crippen molar-refractivity contribution >= 4 is 17.3 Å². The minimum atomic E-state index is -0.490. The summed E-state index contributed by atoms with van der Waals surface area (Å²) in [6, 6.07) is 7.24. The predicted octanol–water partition coefficient (Wildman–Crippen LogP) is 2.34. The quantitative estimate of drug-likeness (QED) is 0.671. The second-order valence-electron chi connectivity index (χ2n) is 4.40. The Morgan fingerprint density at radius 1 is 1.32 bits per heavy atom. The van der Waals surface area contributed by atoms with Gasteiger partial charge in [0.25, 0.3) is 11.6 Å². The third-order valence-corrected chi connectivity index (χ3v) is 2.83. The van der Waals surface area contributed by atoms with Gasteiger partial charge >= 0.3 is 0 Å². The first-order chi connectivity index (χ1) is 10.5. The SMILES string of the molecule is CCOc1ccc(C(=O)Nc2ccc([N+](=O)[O-])cc2C)nn1. The van der Waals surface area contributed by atoms with Crippen molar-refractivity contribution in [1.82, 2.24) is 10.2 Å². The van der Waals surface area contributed by atoms with E-state index in [0.717, 1.165) is 0 Å². The smallest absolute Gasteiger partial charge is 0.276 e. The molecule has 0 fully saturated rings. The van der Waals surface area contributed by atoms with Crippen LogP contribution < -0.4 is 10.1 Å². The summed E-state index contributed by atoms with van der Waals surface area (Å²) in [5.41, 5.74) is 1.16. The molecule has 1 aromatic heterocycles. The van der Waals surface area contributed by atoms with Crippen molar-refractivity contribution in [2.75, 3.05) is 11.9 Å². The molecule has 0 unspecified atom stereocenters. The largest absolute Gasteiger partial charge is 0.477 e. The van der Waals surface area contributed by atoms with E-state index < -0.39 is 10.8 Å². The summed E-state index contributed by atoms with van der Waals surface area (Å²) in [6.07, 6.45) is 0. The number of benzene rings is 1. The standard InChI is InChI=1S/C14H14N4O4/c1-3-22-13-7-6-12(16-17-13)14(19)15-11-5-4-10(18(20)21)8-9(11)2/h4-8H,3H2,1-2H3,(H,15,19). The molecule has 0 bridgehead atoms. The molecule has 1 aromatic carbocycles. The maximum absolute atomic E-state index is 12.1. The number of nitrogens with one attached hydrogen (secondary N) is 1. The highest BCUT2D eigenvalue weighted by molar-refractivity contribution is 6.03. The van der Waals surface area contributed by atoms with E-state index in [1.165, 1.54) is 24.3 Å². The molecule has 0 radical (unpaired) electrons. The van der Waals surface area contributed by atoms with Gasteiger partial charge in [0.1, 0.15) is 0 Å². The van der Waals surface area contributed by atoms with Gasteiger partial charge in [-0.15, -0.1) is 10.2 Å². The van der Waals surface area contributed by atoms with Crippen LogP contribution in [0, 0.1) is 17.0 Å². The van der Waals surface area contributed by atoms with E-state index in [-0.39, 0.29) is 11.4 Å². The van der Waals surface area contributed by atoms with Crippen molar-refractivity contribution in [3.8, 4) is 5.88 Å². The first-order valence-corrected chi connectivity index (χ1v) is 6.54. The van der Waals surface area contributed by atoms with Crippen LogP contribution in [0.1, 0.15) is 23.0 Å². The predicted molar refractivity (Wildman–Crippen MR) is 79.0 cm³/mol. The Kier molecular flexibility index (Phi) is 4.62. The molecule has 22 heavy (non-hydrogen) atoms. The van der Waals surface area contributed by atoms with Crippen LogP contribution >= 0.6 is 0 Å². The van der Waals surface area contributed by atoms with E-state index >= 15 is 0 Å². The summed E-state index contributed by atoms with van der Waals surface area (Å²) in [6.45, 7) is 3.95. The molecule has 8 nitrogen and oxygen atoms in total. The lowest BCUT2D eigenvalue weighted by Crippen LogP contribution is -2.15. The summed E-state index contributed by atoms with van der Waals surface area (Å²) < 4.78 is 5.14. The van der Waals surface area contributed by atoms with Gasteiger partial charge in [-0.3, -0.25) is 14.9 Å². The summed E-state index contributed by atoms with van der Waals surface area (Å²) in [5.74, 6) is -0.113. The maximum Gasteiger partial charge on any atom is 0.276 e. The number of hydrogen-bond acceptors (Lipinski definition) is 6. The second kappa shape index (κ2) is 6.61. The number of aromatic nitrogens is 2. The first kappa shape index (κ1) is 15.4. The highest BCUT2D eigenvalue weighted by atomic mass is 16.6. The molecule has 2 aromatic rings. The molecule has 0 saturated heterocycles.